The second-order valence-corrected chi connectivity index (χ2v) is 3.53. The molecule has 0 spiro atoms. The molecule has 5 nitrogen and oxygen atoms in total. The lowest BCUT2D eigenvalue weighted by atomic mass is 10.2. The molecule has 0 aliphatic carbocycles. The zero-order chi connectivity index (χ0) is 11.3. The highest BCUT2D eigenvalue weighted by Gasteiger charge is 2.19. The van der Waals surface area contributed by atoms with E-state index in [1.54, 1.807) is 20.8 Å². The summed E-state index contributed by atoms with van der Waals surface area (Å²) in [6, 6.07) is 1.94. The Bertz CT molecular complexity index is 700. The van der Waals surface area contributed by atoms with Gasteiger partial charge in [0.15, 0.2) is 0 Å². The van der Waals surface area contributed by atoms with Crippen molar-refractivity contribution in [2.75, 3.05) is 0 Å². The van der Waals surface area contributed by atoms with E-state index in [-0.39, 0.29) is 11.3 Å². The number of fused-ring (bicyclic) bond motifs is 1. The van der Waals surface area contributed by atoms with E-state index >= 15 is 0 Å². The fourth-order valence-corrected chi connectivity index (χ4v) is 1.71. The van der Waals surface area contributed by atoms with Gasteiger partial charge in [-0.15, -0.1) is 0 Å². The van der Waals surface area contributed by atoms with Crippen LogP contribution in [0.25, 0.3) is 0 Å². The zero-order valence-electron chi connectivity index (χ0n) is 8.66. The number of hydrogen-bond acceptors (Lipinski definition) is 3. The molecule has 0 saturated carbocycles. The summed E-state index contributed by atoms with van der Waals surface area (Å²) in [5, 5.41) is 8.93. The van der Waals surface area contributed by atoms with Crippen molar-refractivity contribution < 1.29 is 0 Å². The maximum Gasteiger partial charge on any atom is 0.278 e. The lowest BCUT2D eigenvalue weighted by molar-refractivity contribution is 0.779. The van der Waals surface area contributed by atoms with Crippen molar-refractivity contribution in [1.82, 2.24) is 9.03 Å². The minimum Gasteiger partial charge on any atom is -0.267 e. The van der Waals surface area contributed by atoms with Crippen LogP contribution < -0.4 is 11.1 Å². The van der Waals surface area contributed by atoms with Crippen molar-refractivity contribution in [3.8, 4) is 6.07 Å². The number of aryl methyl sites for hydroxylation is 1. The van der Waals surface area contributed by atoms with Crippen molar-refractivity contribution in [1.29, 1.82) is 5.26 Å². The van der Waals surface area contributed by atoms with E-state index < -0.39 is 5.56 Å². The van der Waals surface area contributed by atoms with Gasteiger partial charge in [-0.1, -0.05) is 0 Å². The van der Waals surface area contributed by atoms with Crippen molar-refractivity contribution in [3.63, 3.8) is 0 Å². The highest BCUT2D eigenvalue weighted by Crippen LogP contribution is 2.07. The molecule has 0 N–H and O–H groups in total. The Morgan fingerprint density at radius 1 is 1.00 bits per heavy atom. The Labute approximate surface area is 85.1 Å². The first kappa shape index (κ1) is 9.46. The first-order valence-corrected chi connectivity index (χ1v) is 4.48. The highest BCUT2D eigenvalue weighted by atomic mass is 16.2. The summed E-state index contributed by atoms with van der Waals surface area (Å²) in [7, 11) is 0. The maximum atomic E-state index is 11.7. The molecule has 2 aromatic heterocycles. The summed E-state index contributed by atoms with van der Waals surface area (Å²) in [5.74, 6) is 0. The summed E-state index contributed by atoms with van der Waals surface area (Å²) in [6.45, 7) is 4.92. The first-order chi connectivity index (χ1) is 7.00. The SMILES string of the molecule is Cc1c(C)n2c(C#N)c(C)c(=O)n2c1=O. The molecule has 0 atom stereocenters. The summed E-state index contributed by atoms with van der Waals surface area (Å²) in [5.41, 5.74) is 0.945. The first-order valence-electron chi connectivity index (χ1n) is 4.48. The molecule has 2 rings (SSSR count). The fourth-order valence-electron chi connectivity index (χ4n) is 1.71. The summed E-state index contributed by atoms with van der Waals surface area (Å²) in [4.78, 5) is 23.4. The predicted octanol–water partition coefficient (Wildman–Crippen LogP) is -0.00606. The van der Waals surface area contributed by atoms with Gasteiger partial charge in [0.05, 0.1) is 5.56 Å². The number of nitrogens with zero attached hydrogens (tertiary/aromatic N) is 3. The number of rotatable bonds is 0. The van der Waals surface area contributed by atoms with Gasteiger partial charge in [-0.3, -0.25) is 9.59 Å². The Morgan fingerprint density at radius 3 is 2.07 bits per heavy atom. The average Bonchev–Trinajstić information content (AvgIpc) is 2.59. The Balaban J connectivity index is 3.27. The van der Waals surface area contributed by atoms with Crippen LogP contribution in [-0.4, -0.2) is 9.03 Å². The molecule has 0 aliphatic rings. The molecule has 0 aromatic carbocycles. The largest absolute Gasteiger partial charge is 0.278 e. The molecule has 0 aliphatic heterocycles. The van der Waals surface area contributed by atoms with Gasteiger partial charge in [0.1, 0.15) is 11.8 Å². The van der Waals surface area contributed by atoms with Crippen molar-refractivity contribution >= 4 is 0 Å². The van der Waals surface area contributed by atoms with Crippen molar-refractivity contribution in [2.45, 2.75) is 20.8 Å². The second kappa shape index (κ2) is 2.70. The molecular weight excluding hydrogens is 194 g/mol. The molecule has 0 bridgehead atoms. The smallest absolute Gasteiger partial charge is 0.267 e. The van der Waals surface area contributed by atoms with Crippen LogP contribution >= 0.6 is 0 Å². The van der Waals surface area contributed by atoms with Gasteiger partial charge < -0.3 is 0 Å². The molecular formula is C10H9N3O2. The molecule has 0 fully saturated rings. The van der Waals surface area contributed by atoms with Gasteiger partial charge in [0.25, 0.3) is 11.1 Å². The number of hydrogen-bond donors (Lipinski definition) is 0. The Hall–Kier alpha value is -2.09. The van der Waals surface area contributed by atoms with Gasteiger partial charge in [-0.05, 0) is 20.8 Å². The van der Waals surface area contributed by atoms with Crippen LogP contribution in [0.15, 0.2) is 9.59 Å². The van der Waals surface area contributed by atoms with Crippen LogP contribution in [0.1, 0.15) is 22.5 Å². The molecule has 2 heterocycles. The van der Waals surface area contributed by atoms with Crippen LogP contribution in [0.5, 0.6) is 0 Å². The zero-order valence-corrected chi connectivity index (χ0v) is 8.66. The van der Waals surface area contributed by atoms with Gasteiger partial charge in [-0.2, -0.15) is 9.78 Å². The topological polar surface area (TPSA) is 66.8 Å². The van der Waals surface area contributed by atoms with Gasteiger partial charge in [-0.25, -0.2) is 4.52 Å². The van der Waals surface area contributed by atoms with E-state index in [2.05, 4.69) is 0 Å². The van der Waals surface area contributed by atoms with E-state index in [0.29, 0.717) is 16.8 Å². The molecule has 0 radical (unpaired) electrons. The van der Waals surface area contributed by atoms with E-state index in [0.717, 1.165) is 4.52 Å². The average molecular weight is 203 g/mol. The molecule has 0 amide bonds. The predicted molar refractivity (Wildman–Crippen MR) is 53.5 cm³/mol. The summed E-state index contributed by atoms with van der Waals surface area (Å²) in [6.07, 6.45) is 0. The molecule has 0 saturated heterocycles. The molecule has 15 heavy (non-hydrogen) atoms. The molecule has 76 valence electrons. The minimum atomic E-state index is -0.409. The third kappa shape index (κ3) is 0.907. The van der Waals surface area contributed by atoms with Gasteiger partial charge in [0.2, 0.25) is 0 Å². The van der Waals surface area contributed by atoms with Crippen LogP contribution in [0.4, 0.5) is 0 Å². The third-order valence-electron chi connectivity index (χ3n) is 2.76. The lowest BCUT2D eigenvalue weighted by Gasteiger charge is -1.92. The lowest BCUT2D eigenvalue weighted by Crippen LogP contribution is -2.23. The third-order valence-corrected chi connectivity index (χ3v) is 2.76. The molecule has 5 heteroatoms. The van der Waals surface area contributed by atoms with Crippen LogP contribution in [-0.2, 0) is 0 Å². The normalized spacial score (nSPS) is 10.8. The van der Waals surface area contributed by atoms with E-state index in [1.807, 2.05) is 6.07 Å². The second-order valence-electron chi connectivity index (χ2n) is 3.53. The van der Waals surface area contributed by atoms with E-state index in [1.165, 1.54) is 4.52 Å². The molecule has 0 unspecified atom stereocenters. The monoisotopic (exact) mass is 203 g/mol. The van der Waals surface area contributed by atoms with E-state index in [9.17, 15) is 9.59 Å². The fraction of sp³-hybridized carbons (Fsp3) is 0.300. The Kier molecular flexibility index (Phi) is 1.70. The van der Waals surface area contributed by atoms with Crippen molar-refractivity contribution in [3.05, 3.63) is 43.2 Å². The number of nitriles is 1. The standard InChI is InChI=1S/C10H9N3O2/c1-5-7(3)12-8(4-11)6(2)10(15)13(12)9(5)14/h1-3H3. The Morgan fingerprint density at radius 2 is 1.53 bits per heavy atom. The highest BCUT2D eigenvalue weighted by molar-refractivity contribution is 5.34. The minimum absolute atomic E-state index is 0.239. The molecule has 2 aromatic rings. The van der Waals surface area contributed by atoms with Crippen LogP contribution in [0, 0.1) is 32.1 Å². The summed E-state index contributed by atoms with van der Waals surface area (Å²) >= 11 is 0. The van der Waals surface area contributed by atoms with Gasteiger partial charge in [0, 0.05) is 11.3 Å². The maximum absolute atomic E-state index is 11.7. The number of aromatic nitrogens is 2. The van der Waals surface area contributed by atoms with Crippen molar-refractivity contribution in [2.24, 2.45) is 0 Å². The quantitative estimate of drug-likeness (QED) is 0.605. The van der Waals surface area contributed by atoms with Crippen LogP contribution in [0.2, 0.25) is 0 Å². The summed E-state index contributed by atoms with van der Waals surface area (Å²) < 4.78 is 2.40. The van der Waals surface area contributed by atoms with Crippen LogP contribution in [0.3, 0.4) is 0 Å². The van der Waals surface area contributed by atoms with Gasteiger partial charge >= 0.3 is 0 Å². The van der Waals surface area contributed by atoms with E-state index in [4.69, 9.17) is 5.26 Å².